The minimum atomic E-state index is 0.386. The van der Waals surface area contributed by atoms with Crippen molar-refractivity contribution in [1.82, 2.24) is 9.80 Å². The second-order valence-electron chi connectivity index (χ2n) is 7.55. The maximum Gasteiger partial charge on any atom is 0.0518 e. The Labute approximate surface area is 139 Å². The predicted octanol–water partition coefficient (Wildman–Crippen LogP) is 4.03. The highest BCUT2D eigenvalue weighted by molar-refractivity contribution is 4.72. The van der Waals surface area contributed by atoms with E-state index in [1.165, 1.54) is 77.8 Å². The van der Waals surface area contributed by atoms with E-state index in [1.807, 2.05) is 0 Å². The first-order valence-electron chi connectivity index (χ1n) is 9.64. The van der Waals surface area contributed by atoms with Crippen molar-refractivity contribution in [3.63, 3.8) is 0 Å². The number of hydrogen-bond acceptors (Lipinski definition) is 3. The fourth-order valence-corrected chi connectivity index (χ4v) is 3.07. The topological polar surface area (TPSA) is 15.7 Å². The zero-order chi connectivity index (χ0) is 16.2. The molecule has 0 bridgehead atoms. The van der Waals surface area contributed by atoms with Crippen molar-refractivity contribution in [3.05, 3.63) is 0 Å². The molecule has 3 nitrogen and oxygen atoms in total. The molecule has 0 atom stereocenters. The fourth-order valence-electron chi connectivity index (χ4n) is 3.07. The Morgan fingerprint density at radius 3 is 1.82 bits per heavy atom. The Hall–Kier alpha value is -0.120. The first-order valence-corrected chi connectivity index (χ1v) is 9.64. The molecule has 0 saturated carbocycles. The lowest BCUT2D eigenvalue weighted by Gasteiger charge is -2.34. The van der Waals surface area contributed by atoms with Crippen LogP contribution in [0.2, 0.25) is 0 Å². The third kappa shape index (κ3) is 10.6. The molecule has 1 heterocycles. The van der Waals surface area contributed by atoms with Crippen molar-refractivity contribution < 1.29 is 4.74 Å². The van der Waals surface area contributed by atoms with Gasteiger partial charge in [0.25, 0.3) is 0 Å². The van der Waals surface area contributed by atoms with Gasteiger partial charge in [-0.25, -0.2) is 0 Å². The highest BCUT2D eigenvalue weighted by atomic mass is 16.5. The van der Waals surface area contributed by atoms with Gasteiger partial charge >= 0.3 is 0 Å². The normalized spacial score (nSPS) is 17.7. The smallest absolute Gasteiger partial charge is 0.0518 e. The van der Waals surface area contributed by atoms with E-state index in [1.54, 1.807) is 0 Å². The summed E-state index contributed by atoms with van der Waals surface area (Å²) in [5.74, 6) is 0.854. The average Bonchev–Trinajstić information content (AvgIpc) is 2.47. The molecule has 0 N–H and O–H groups in total. The lowest BCUT2D eigenvalue weighted by molar-refractivity contribution is 0.0753. The van der Waals surface area contributed by atoms with Gasteiger partial charge in [0.1, 0.15) is 0 Å². The molecule has 0 aromatic rings. The SMILES string of the molecule is CC(C)CCCN1CCN(CCCCCCOC(C)C)CC1. The van der Waals surface area contributed by atoms with E-state index < -0.39 is 0 Å². The second kappa shape index (κ2) is 12.3. The third-order valence-electron chi connectivity index (χ3n) is 4.54. The molecule has 0 aliphatic carbocycles. The molecule has 0 aromatic carbocycles. The number of piperazine rings is 1. The molecule has 1 aliphatic heterocycles. The van der Waals surface area contributed by atoms with Crippen LogP contribution >= 0.6 is 0 Å². The molecule has 0 unspecified atom stereocenters. The third-order valence-corrected chi connectivity index (χ3v) is 4.54. The Balaban J connectivity index is 1.90. The van der Waals surface area contributed by atoms with E-state index in [9.17, 15) is 0 Å². The van der Waals surface area contributed by atoms with Crippen molar-refractivity contribution >= 4 is 0 Å². The predicted molar refractivity (Wildman–Crippen MR) is 96.5 cm³/mol. The summed E-state index contributed by atoms with van der Waals surface area (Å²) in [5.41, 5.74) is 0. The molecule has 0 radical (unpaired) electrons. The summed E-state index contributed by atoms with van der Waals surface area (Å²) in [7, 11) is 0. The van der Waals surface area contributed by atoms with Gasteiger partial charge < -0.3 is 14.5 Å². The number of rotatable bonds is 12. The van der Waals surface area contributed by atoms with Crippen LogP contribution in [0.3, 0.4) is 0 Å². The molecule has 0 spiro atoms. The van der Waals surface area contributed by atoms with Crippen LogP contribution in [0.15, 0.2) is 0 Å². The maximum atomic E-state index is 5.58. The van der Waals surface area contributed by atoms with E-state index in [0.717, 1.165) is 12.5 Å². The fraction of sp³-hybridized carbons (Fsp3) is 1.00. The van der Waals surface area contributed by atoms with Crippen LogP contribution in [0.1, 0.15) is 66.2 Å². The van der Waals surface area contributed by atoms with Gasteiger partial charge in [-0.15, -0.1) is 0 Å². The second-order valence-corrected chi connectivity index (χ2v) is 7.55. The molecule has 1 aliphatic rings. The Kier molecular flexibility index (Phi) is 11.2. The van der Waals surface area contributed by atoms with Crippen LogP contribution < -0.4 is 0 Å². The van der Waals surface area contributed by atoms with Crippen LogP contribution in [0.25, 0.3) is 0 Å². The molecular weight excluding hydrogens is 272 g/mol. The van der Waals surface area contributed by atoms with Crippen molar-refractivity contribution in [2.24, 2.45) is 5.92 Å². The van der Waals surface area contributed by atoms with Crippen LogP contribution in [-0.2, 0) is 4.74 Å². The van der Waals surface area contributed by atoms with Crippen molar-refractivity contribution in [2.45, 2.75) is 72.3 Å². The number of hydrogen-bond donors (Lipinski definition) is 0. The summed E-state index contributed by atoms with van der Waals surface area (Å²) in [4.78, 5) is 5.31. The van der Waals surface area contributed by atoms with Crippen LogP contribution in [0, 0.1) is 5.92 Å². The van der Waals surface area contributed by atoms with Gasteiger partial charge in [-0.2, -0.15) is 0 Å². The van der Waals surface area contributed by atoms with Crippen molar-refractivity contribution in [3.8, 4) is 0 Å². The molecule has 0 aromatic heterocycles. The van der Waals surface area contributed by atoms with Gasteiger partial charge in [0, 0.05) is 32.8 Å². The highest BCUT2D eigenvalue weighted by Gasteiger charge is 2.15. The molecule has 1 saturated heterocycles. The molecular formula is C19H40N2O. The maximum absolute atomic E-state index is 5.58. The van der Waals surface area contributed by atoms with Gasteiger partial charge in [-0.1, -0.05) is 26.7 Å². The highest BCUT2D eigenvalue weighted by Crippen LogP contribution is 2.09. The van der Waals surface area contributed by atoms with Gasteiger partial charge in [0.2, 0.25) is 0 Å². The lowest BCUT2D eigenvalue weighted by atomic mass is 10.1. The van der Waals surface area contributed by atoms with Crippen LogP contribution in [-0.4, -0.2) is 61.8 Å². The van der Waals surface area contributed by atoms with E-state index in [2.05, 4.69) is 37.5 Å². The van der Waals surface area contributed by atoms with Gasteiger partial charge in [0.15, 0.2) is 0 Å². The standard InChI is InChI=1S/C19H40N2O/c1-18(2)10-9-12-21-15-13-20(14-16-21)11-7-5-6-8-17-22-19(3)4/h18-19H,5-17H2,1-4H3. The number of nitrogens with zero attached hydrogens (tertiary/aromatic N) is 2. The van der Waals surface area contributed by atoms with Gasteiger partial charge in [-0.3, -0.25) is 0 Å². The summed E-state index contributed by atoms with van der Waals surface area (Å²) in [5, 5.41) is 0. The first kappa shape index (κ1) is 19.9. The minimum Gasteiger partial charge on any atom is -0.379 e. The Morgan fingerprint density at radius 2 is 1.27 bits per heavy atom. The summed E-state index contributed by atoms with van der Waals surface area (Å²) in [6.07, 6.45) is 8.39. The zero-order valence-corrected chi connectivity index (χ0v) is 15.6. The molecule has 0 amide bonds. The summed E-state index contributed by atoms with van der Waals surface area (Å²) in [6, 6.07) is 0. The van der Waals surface area contributed by atoms with Gasteiger partial charge in [-0.05, 0) is 58.5 Å². The first-order chi connectivity index (χ1) is 10.6. The lowest BCUT2D eigenvalue weighted by Crippen LogP contribution is -2.46. The van der Waals surface area contributed by atoms with Gasteiger partial charge in [0.05, 0.1) is 6.10 Å². The molecule has 22 heavy (non-hydrogen) atoms. The van der Waals surface area contributed by atoms with E-state index >= 15 is 0 Å². The minimum absolute atomic E-state index is 0.386. The number of unbranched alkanes of at least 4 members (excludes halogenated alkanes) is 3. The zero-order valence-electron chi connectivity index (χ0n) is 15.6. The Bertz CT molecular complexity index is 248. The van der Waals surface area contributed by atoms with E-state index in [4.69, 9.17) is 4.74 Å². The quantitative estimate of drug-likeness (QED) is 0.506. The van der Waals surface area contributed by atoms with Crippen LogP contribution in [0.5, 0.6) is 0 Å². The van der Waals surface area contributed by atoms with Crippen molar-refractivity contribution in [1.29, 1.82) is 0 Å². The van der Waals surface area contributed by atoms with Crippen LogP contribution in [0.4, 0.5) is 0 Å². The molecule has 1 rings (SSSR count). The average molecular weight is 313 g/mol. The molecule has 132 valence electrons. The summed E-state index contributed by atoms with van der Waals surface area (Å²) >= 11 is 0. The van der Waals surface area contributed by atoms with E-state index in [0.29, 0.717) is 6.10 Å². The largest absolute Gasteiger partial charge is 0.379 e. The summed E-state index contributed by atoms with van der Waals surface area (Å²) in [6.45, 7) is 17.5. The molecule has 3 heteroatoms. The van der Waals surface area contributed by atoms with E-state index in [-0.39, 0.29) is 0 Å². The monoisotopic (exact) mass is 312 g/mol. The Morgan fingerprint density at radius 1 is 0.727 bits per heavy atom. The molecule has 1 fully saturated rings. The number of ether oxygens (including phenoxy) is 1. The van der Waals surface area contributed by atoms with Crippen molar-refractivity contribution in [2.75, 3.05) is 45.9 Å². The summed E-state index contributed by atoms with van der Waals surface area (Å²) < 4.78 is 5.58.